The molecule has 0 aromatic carbocycles. The number of rotatable bonds is 8. The van der Waals surface area contributed by atoms with Gasteiger partial charge in [-0.3, -0.25) is 32.9 Å². The number of esters is 1. The van der Waals surface area contributed by atoms with E-state index in [4.69, 9.17) is 34.6 Å². The van der Waals surface area contributed by atoms with Crippen molar-refractivity contribution in [2.75, 3.05) is 13.2 Å². The molecule has 0 radical (unpaired) electrons. The Balaban J connectivity index is 1.25. The molecule has 10 nitrogen and oxygen atoms in total. The molecule has 1 aliphatic carbocycles. The minimum absolute atomic E-state index is 0.0418. The molecule has 33 heavy (non-hydrogen) atoms. The molecular weight excluding hydrogens is 477 g/mol. The lowest BCUT2D eigenvalue weighted by Gasteiger charge is -2.36. The first kappa shape index (κ1) is 24.8. The van der Waals surface area contributed by atoms with Gasteiger partial charge < -0.3 is 9.47 Å². The predicted octanol–water partition coefficient (Wildman–Crippen LogP) is 3.22. The van der Waals surface area contributed by atoms with Crippen LogP contribution in [-0.2, 0) is 42.0 Å². The molecule has 4 aliphatic rings. The number of carbonyl (C=O) groups excluding carboxylic acids is 3. The maximum atomic E-state index is 13.0. The van der Waals surface area contributed by atoms with Crippen LogP contribution in [0.2, 0.25) is 0 Å². The van der Waals surface area contributed by atoms with Crippen LogP contribution in [-0.4, -0.2) is 65.2 Å². The Morgan fingerprint density at radius 3 is 2.79 bits per heavy atom. The second-order valence-corrected chi connectivity index (χ2v) is 11.3. The fourth-order valence-electron chi connectivity index (χ4n) is 4.46. The summed E-state index contributed by atoms with van der Waals surface area (Å²) < 4.78 is 40.6. The van der Waals surface area contributed by atoms with Crippen LogP contribution in [0.25, 0.3) is 0 Å². The van der Waals surface area contributed by atoms with E-state index >= 15 is 0 Å². The van der Waals surface area contributed by atoms with E-state index in [1.54, 1.807) is 6.92 Å². The van der Waals surface area contributed by atoms with E-state index in [9.17, 15) is 18.9 Å². The number of alkyl halides is 1. The molecule has 3 aliphatic heterocycles. The molecule has 0 aromatic heterocycles. The lowest BCUT2D eigenvalue weighted by atomic mass is 9.99. The number of unbranched alkanes of at least 4 members (excludes halogenated alkanes) is 1. The van der Waals surface area contributed by atoms with Crippen LogP contribution in [0.15, 0.2) is 12.3 Å². The van der Waals surface area contributed by atoms with Crippen molar-refractivity contribution in [3.05, 3.63) is 12.3 Å². The summed E-state index contributed by atoms with van der Waals surface area (Å²) in [6.07, 6.45) is 5.28. The van der Waals surface area contributed by atoms with Gasteiger partial charge in [-0.05, 0) is 51.5 Å². The number of halogens is 1. The van der Waals surface area contributed by atoms with Crippen LogP contribution in [0.1, 0.15) is 58.3 Å². The summed E-state index contributed by atoms with van der Waals surface area (Å²) in [6.45, 7) is 1.61. The van der Waals surface area contributed by atoms with Crippen molar-refractivity contribution >= 4 is 37.1 Å². The van der Waals surface area contributed by atoms with Crippen molar-refractivity contribution < 1.29 is 42.0 Å². The number of ether oxygens (including phenoxy) is 2. The molecule has 5 atom stereocenters. The number of ketones is 1. The molecule has 0 aromatic rings. The average Bonchev–Trinajstić information content (AvgIpc) is 3.34. The lowest BCUT2D eigenvalue weighted by molar-refractivity contribution is -0.149. The molecule has 12 heteroatoms. The van der Waals surface area contributed by atoms with Crippen molar-refractivity contribution in [1.29, 1.82) is 0 Å². The van der Waals surface area contributed by atoms with Gasteiger partial charge in [0.25, 0.3) is 0 Å². The zero-order valence-electron chi connectivity index (χ0n) is 18.5. The fraction of sp³-hybridized carbons (Fsp3) is 0.762. The number of carbonyl (C=O) groups is 3. The number of fused-ring (bicyclic) bond motifs is 1. The van der Waals surface area contributed by atoms with Crippen LogP contribution in [0.3, 0.4) is 0 Å². The summed E-state index contributed by atoms with van der Waals surface area (Å²) in [4.78, 5) is 35.6. The summed E-state index contributed by atoms with van der Waals surface area (Å²) in [6, 6.07) is 0. The third-order valence-corrected chi connectivity index (χ3v) is 8.08. The summed E-state index contributed by atoms with van der Waals surface area (Å²) >= 11 is 6.71. The Labute approximate surface area is 197 Å². The number of nitrogens with zero attached hydrogens (tertiary/aromatic N) is 1. The first-order valence-corrected chi connectivity index (χ1v) is 13.2. The molecule has 3 heterocycles. The maximum Gasteiger partial charge on any atom is 0.475 e. The Morgan fingerprint density at radius 2 is 2.06 bits per heavy atom. The van der Waals surface area contributed by atoms with Crippen LogP contribution in [0.4, 0.5) is 0 Å². The molecule has 0 spiro atoms. The van der Waals surface area contributed by atoms with Gasteiger partial charge in [0.1, 0.15) is 23.2 Å². The second-order valence-electron chi connectivity index (χ2n) is 8.89. The van der Waals surface area contributed by atoms with E-state index in [0.29, 0.717) is 12.8 Å². The van der Waals surface area contributed by atoms with Gasteiger partial charge in [-0.2, -0.15) is 0 Å². The summed E-state index contributed by atoms with van der Waals surface area (Å²) in [5.41, 5.74) is 0. The number of allylic oxidation sites excluding steroid dienone is 1. The van der Waals surface area contributed by atoms with Crippen LogP contribution in [0.5, 0.6) is 0 Å². The molecule has 0 unspecified atom stereocenters. The average molecular weight is 506 g/mol. The minimum Gasteiger partial charge on any atom is -0.462 e. The Morgan fingerprint density at radius 1 is 1.30 bits per heavy atom. The van der Waals surface area contributed by atoms with E-state index < -0.39 is 37.0 Å². The van der Waals surface area contributed by atoms with E-state index in [-0.39, 0.29) is 43.9 Å². The maximum absolute atomic E-state index is 13.0. The zero-order valence-corrected chi connectivity index (χ0v) is 20.1. The summed E-state index contributed by atoms with van der Waals surface area (Å²) in [5, 5.41) is 0. The van der Waals surface area contributed by atoms with Crippen LogP contribution >= 0.6 is 19.4 Å². The van der Waals surface area contributed by atoms with Crippen LogP contribution < -0.4 is 0 Å². The van der Waals surface area contributed by atoms with Gasteiger partial charge >= 0.3 is 13.8 Å². The van der Waals surface area contributed by atoms with Gasteiger partial charge in [0.2, 0.25) is 5.91 Å². The lowest BCUT2D eigenvalue weighted by Crippen LogP contribution is -2.51. The largest absolute Gasteiger partial charge is 0.475 e. The predicted molar refractivity (Wildman–Crippen MR) is 115 cm³/mol. The SMILES string of the molecule is C[C@@]1(Cl)[C@@H]2O[P@](=O)(OCCCCC(=O)OC3CCCC3)OC[C@H]2O[C@H]1N1C=CC(=O)CC1=O. The van der Waals surface area contributed by atoms with Crippen molar-refractivity contribution in [2.45, 2.75) is 87.7 Å². The van der Waals surface area contributed by atoms with Gasteiger partial charge in [0, 0.05) is 12.6 Å². The first-order chi connectivity index (χ1) is 15.7. The van der Waals surface area contributed by atoms with Gasteiger partial charge in [0.15, 0.2) is 12.0 Å². The molecule has 1 saturated carbocycles. The smallest absolute Gasteiger partial charge is 0.462 e. The van der Waals surface area contributed by atoms with E-state index in [1.165, 1.54) is 17.2 Å². The molecular formula is C21H29ClNO9P. The molecule has 1 amide bonds. The molecule has 0 N–H and O–H groups in total. The van der Waals surface area contributed by atoms with Crippen LogP contribution in [0, 0.1) is 0 Å². The van der Waals surface area contributed by atoms with Crippen molar-refractivity contribution in [3.63, 3.8) is 0 Å². The van der Waals surface area contributed by atoms with Crippen molar-refractivity contribution in [1.82, 2.24) is 4.90 Å². The Hall–Kier alpha value is -1.29. The van der Waals surface area contributed by atoms with Crippen molar-refractivity contribution in [2.24, 2.45) is 0 Å². The van der Waals surface area contributed by atoms with E-state index in [2.05, 4.69) is 0 Å². The molecule has 4 rings (SSSR count). The molecule has 184 valence electrons. The van der Waals surface area contributed by atoms with Crippen molar-refractivity contribution in [3.8, 4) is 0 Å². The highest BCUT2D eigenvalue weighted by Crippen LogP contribution is 2.59. The van der Waals surface area contributed by atoms with Gasteiger partial charge in [-0.25, -0.2) is 4.57 Å². The highest BCUT2D eigenvalue weighted by molar-refractivity contribution is 7.48. The third kappa shape index (κ3) is 5.69. The van der Waals surface area contributed by atoms with E-state index in [0.717, 1.165) is 25.7 Å². The molecule has 2 saturated heterocycles. The first-order valence-electron chi connectivity index (χ1n) is 11.3. The zero-order chi connectivity index (χ0) is 23.6. The summed E-state index contributed by atoms with van der Waals surface area (Å²) in [7, 11) is -3.90. The molecule has 0 bridgehead atoms. The standard InChI is InChI=1S/C21H29ClNO9P/c1-21(22)19-16(31-20(21)23-10-9-14(24)12-17(23)25)13-29-33(27,32-19)28-11-5-4-8-18(26)30-15-6-2-3-7-15/h9-10,15-16,19-20H,2-8,11-13H2,1H3/t16-,19-,20-,21-,33-/m1/s1. The highest BCUT2D eigenvalue weighted by atomic mass is 35.5. The number of amides is 1. The second kappa shape index (κ2) is 10.1. The monoisotopic (exact) mass is 505 g/mol. The number of phosphoric ester groups is 1. The fourth-order valence-corrected chi connectivity index (χ4v) is 6.38. The quantitative estimate of drug-likeness (QED) is 0.161. The topological polar surface area (TPSA) is 118 Å². The highest BCUT2D eigenvalue weighted by Gasteiger charge is 2.61. The normalized spacial score (nSPS) is 36.9. The Kier molecular flexibility index (Phi) is 7.63. The number of phosphoric acid groups is 1. The van der Waals surface area contributed by atoms with E-state index in [1.807, 2.05) is 0 Å². The van der Waals surface area contributed by atoms with Gasteiger partial charge in [0.05, 0.1) is 19.6 Å². The number of hydrogen-bond acceptors (Lipinski definition) is 9. The summed E-state index contributed by atoms with van der Waals surface area (Å²) in [5.74, 6) is -0.964. The van der Waals surface area contributed by atoms with Gasteiger partial charge in [-0.15, -0.1) is 11.6 Å². The minimum atomic E-state index is -3.90. The molecule has 3 fully saturated rings. The Bertz CT molecular complexity index is 857. The number of hydrogen-bond donors (Lipinski definition) is 0. The third-order valence-electron chi connectivity index (χ3n) is 6.23. The van der Waals surface area contributed by atoms with Gasteiger partial charge in [-0.1, -0.05) is 0 Å².